The number of aliphatic carboxylic acids is 1. The van der Waals surface area contributed by atoms with Crippen molar-refractivity contribution in [3.05, 3.63) is 56.8 Å². The van der Waals surface area contributed by atoms with E-state index in [9.17, 15) is 19.8 Å². The maximum Gasteiger partial charge on any atom is 0.339 e. The van der Waals surface area contributed by atoms with Crippen LogP contribution in [0.5, 0.6) is 5.75 Å². The van der Waals surface area contributed by atoms with Crippen LogP contribution < -0.4 is 0 Å². The van der Waals surface area contributed by atoms with Gasteiger partial charge >= 0.3 is 5.97 Å². The van der Waals surface area contributed by atoms with E-state index in [0.717, 1.165) is 10.4 Å². The summed E-state index contributed by atoms with van der Waals surface area (Å²) in [5, 5.41) is 21.7. The van der Waals surface area contributed by atoms with Crippen LogP contribution in [0.1, 0.15) is 48.8 Å². The maximum atomic E-state index is 12.4. The number of carbonyl (C=O) groups excluding carboxylic acids is 1. The minimum absolute atomic E-state index is 0.155. The molecule has 4 nitrogen and oxygen atoms in total. The smallest absolute Gasteiger partial charge is 0.339 e. The number of aryl methyl sites for hydroxylation is 2. The molecule has 0 radical (unpaired) electrons. The second-order valence-electron chi connectivity index (χ2n) is 7.35. The minimum atomic E-state index is -1.23. The molecule has 26 heavy (non-hydrogen) atoms. The fraction of sp³-hybridized carbons (Fsp3) is 0.333. The first kappa shape index (κ1) is 19.9. The quantitative estimate of drug-likeness (QED) is 0.437. The largest absolute Gasteiger partial charge is 0.507 e. The Hall–Kier alpha value is -2.40. The zero-order valence-corrected chi connectivity index (χ0v) is 16.3. The number of Topliss-reactive ketones (excluding diaryl/α,β-unsaturated/α-hetero) is 1. The van der Waals surface area contributed by atoms with Gasteiger partial charge in [-0.3, -0.25) is 4.79 Å². The summed E-state index contributed by atoms with van der Waals surface area (Å²) in [6, 6.07) is 7.28. The molecule has 0 bridgehead atoms. The number of phenolic OH excluding ortho intramolecular Hbond substituents is 1. The molecule has 0 spiro atoms. The highest BCUT2D eigenvalue weighted by atomic mass is 32.1. The van der Waals surface area contributed by atoms with Crippen LogP contribution >= 0.6 is 11.3 Å². The van der Waals surface area contributed by atoms with Crippen LogP contribution in [0, 0.1) is 6.92 Å². The van der Waals surface area contributed by atoms with Gasteiger partial charge in [0.15, 0.2) is 5.78 Å². The fourth-order valence-corrected chi connectivity index (χ4v) is 3.43. The highest BCUT2D eigenvalue weighted by Gasteiger charge is 2.22. The van der Waals surface area contributed by atoms with Crippen molar-refractivity contribution in [2.75, 3.05) is 0 Å². The van der Waals surface area contributed by atoms with Gasteiger partial charge in [-0.1, -0.05) is 26.8 Å². The maximum absolute atomic E-state index is 12.4. The number of phenols is 1. The summed E-state index contributed by atoms with van der Waals surface area (Å²) in [5.74, 6) is -1.42. The van der Waals surface area contributed by atoms with Crippen molar-refractivity contribution >= 4 is 29.2 Å². The van der Waals surface area contributed by atoms with E-state index in [1.165, 1.54) is 6.08 Å². The molecule has 0 unspecified atom stereocenters. The third kappa shape index (κ3) is 4.82. The summed E-state index contributed by atoms with van der Waals surface area (Å²) in [5.41, 5.74) is 1.45. The van der Waals surface area contributed by atoms with Crippen LogP contribution in [0.3, 0.4) is 0 Å². The van der Waals surface area contributed by atoms with Crippen molar-refractivity contribution in [2.24, 2.45) is 0 Å². The molecule has 0 atom stereocenters. The number of benzene rings is 1. The number of hydrogen-bond donors (Lipinski definition) is 2. The van der Waals surface area contributed by atoms with E-state index in [2.05, 4.69) is 0 Å². The first-order valence-electron chi connectivity index (χ1n) is 8.44. The predicted octanol–water partition coefficient (Wildman–Crippen LogP) is 4.73. The fourth-order valence-electron chi connectivity index (χ4n) is 2.72. The summed E-state index contributed by atoms with van der Waals surface area (Å²) in [6.45, 7) is 7.68. The van der Waals surface area contributed by atoms with Gasteiger partial charge < -0.3 is 10.2 Å². The molecule has 0 aliphatic rings. The number of rotatable bonds is 6. The summed E-state index contributed by atoms with van der Waals surface area (Å²) in [4.78, 5) is 25.1. The van der Waals surface area contributed by atoms with Gasteiger partial charge in [0.05, 0.1) is 0 Å². The highest BCUT2D eigenvalue weighted by molar-refractivity contribution is 7.09. The second kappa shape index (κ2) is 7.87. The van der Waals surface area contributed by atoms with Gasteiger partial charge in [-0.15, -0.1) is 11.3 Å². The number of thiophene rings is 1. The molecule has 0 amide bonds. The van der Waals surface area contributed by atoms with Crippen LogP contribution in [0.15, 0.2) is 35.2 Å². The first-order valence-corrected chi connectivity index (χ1v) is 9.32. The van der Waals surface area contributed by atoms with E-state index < -0.39 is 11.8 Å². The molecule has 5 heteroatoms. The Morgan fingerprint density at radius 1 is 1.23 bits per heavy atom. The zero-order chi connectivity index (χ0) is 19.5. The lowest BCUT2D eigenvalue weighted by molar-refractivity contribution is -0.134. The Balaban J connectivity index is 2.35. The summed E-state index contributed by atoms with van der Waals surface area (Å²) < 4.78 is 0. The first-order chi connectivity index (χ1) is 12.1. The van der Waals surface area contributed by atoms with Crippen LogP contribution in [-0.2, 0) is 21.4 Å². The molecular weight excluding hydrogens is 348 g/mol. The van der Waals surface area contributed by atoms with Crippen molar-refractivity contribution in [2.45, 2.75) is 46.0 Å². The van der Waals surface area contributed by atoms with Gasteiger partial charge in [-0.25, -0.2) is 4.79 Å². The van der Waals surface area contributed by atoms with E-state index in [-0.39, 0.29) is 23.2 Å². The van der Waals surface area contributed by atoms with Gasteiger partial charge in [0.1, 0.15) is 11.3 Å². The number of carboxylic acids is 1. The van der Waals surface area contributed by atoms with Crippen molar-refractivity contribution in [1.29, 1.82) is 0 Å². The molecular formula is C21H24O4S. The Labute approximate surface area is 157 Å². The normalized spacial score (nSPS) is 12.2. The molecule has 0 saturated heterocycles. The Morgan fingerprint density at radius 3 is 2.46 bits per heavy atom. The number of hydrogen-bond acceptors (Lipinski definition) is 4. The Bertz CT molecular complexity index is 840. The molecule has 1 heterocycles. The number of ketones is 1. The Kier molecular flexibility index (Phi) is 6.03. The number of carboxylic acid groups (broad SMARTS) is 1. The SMILES string of the molecule is Cc1cc(/C=C(\C(=O)O)C(=O)CCc2cccs2)cc(C(C)(C)C)c1O. The van der Waals surface area contributed by atoms with E-state index in [1.54, 1.807) is 30.4 Å². The van der Waals surface area contributed by atoms with E-state index in [1.807, 2.05) is 38.3 Å². The average molecular weight is 372 g/mol. The lowest BCUT2D eigenvalue weighted by Crippen LogP contribution is -2.14. The van der Waals surface area contributed by atoms with Crippen LogP contribution in [0.2, 0.25) is 0 Å². The topological polar surface area (TPSA) is 74.6 Å². The average Bonchev–Trinajstić information content (AvgIpc) is 3.05. The molecule has 138 valence electrons. The van der Waals surface area contributed by atoms with E-state index in [4.69, 9.17) is 0 Å². The molecule has 2 aromatic rings. The third-order valence-corrected chi connectivity index (χ3v) is 5.09. The lowest BCUT2D eigenvalue weighted by atomic mass is 9.84. The van der Waals surface area contributed by atoms with Gasteiger partial charge in [0.2, 0.25) is 0 Å². The van der Waals surface area contributed by atoms with E-state index in [0.29, 0.717) is 17.5 Å². The van der Waals surface area contributed by atoms with E-state index >= 15 is 0 Å². The summed E-state index contributed by atoms with van der Waals surface area (Å²) >= 11 is 1.55. The summed E-state index contributed by atoms with van der Waals surface area (Å²) in [6.07, 6.45) is 2.09. The van der Waals surface area contributed by atoms with Crippen LogP contribution in [0.4, 0.5) is 0 Å². The van der Waals surface area contributed by atoms with Crippen LogP contribution in [0.25, 0.3) is 6.08 Å². The van der Waals surface area contributed by atoms with Gasteiger partial charge in [-0.2, -0.15) is 0 Å². The number of aromatic hydroxyl groups is 1. The molecule has 1 aromatic carbocycles. The summed E-state index contributed by atoms with van der Waals surface area (Å²) in [7, 11) is 0. The molecule has 2 N–H and O–H groups in total. The monoisotopic (exact) mass is 372 g/mol. The number of carbonyl (C=O) groups is 2. The highest BCUT2D eigenvalue weighted by Crippen LogP contribution is 2.34. The van der Waals surface area contributed by atoms with Gasteiger partial charge in [0.25, 0.3) is 0 Å². The Morgan fingerprint density at radius 2 is 1.92 bits per heavy atom. The minimum Gasteiger partial charge on any atom is -0.507 e. The van der Waals surface area contributed by atoms with Crippen molar-refractivity contribution in [1.82, 2.24) is 0 Å². The molecule has 2 rings (SSSR count). The van der Waals surface area contributed by atoms with Gasteiger partial charge in [-0.05, 0) is 59.5 Å². The molecule has 0 fully saturated rings. The van der Waals surface area contributed by atoms with Crippen molar-refractivity contribution in [3.8, 4) is 5.75 Å². The van der Waals surface area contributed by atoms with Gasteiger partial charge in [0, 0.05) is 16.9 Å². The molecule has 0 aliphatic carbocycles. The van der Waals surface area contributed by atoms with Crippen LogP contribution in [-0.4, -0.2) is 22.0 Å². The lowest BCUT2D eigenvalue weighted by Gasteiger charge is -2.22. The van der Waals surface area contributed by atoms with Crippen molar-refractivity contribution in [3.63, 3.8) is 0 Å². The predicted molar refractivity (Wildman–Crippen MR) is 105 cm³/mol. The zero-order valence-electron chi connectivity index (χ0n) is 15.5. The molecule has 0 saturated carbocycles. The third-order valence-electron chi connectivity index (χ3n) is 4.15. The second-order valence-corrected chi connectivity index (χ2v) is 8.38. The standard InChI is InChI=1S/C21H24O4S/c1-13-10-14(12-17(19(13)23)21(2,3)4)11-16(20(24)25)18(22)8-7-15-6-5-9-26-15/h5-6,9-12,23H,7-8H2,1-4H3,(H,24,25)/b16-11-. The van der Waals surface area contributed by atoms with Crippen molar-refractivity contribution < 1.29 is 19.8 Å². The molecule has 1 aromatic heterocycles. The molecule has 0 aliphatic heterocycles.